The molecule has 0 heterocycles. The highest BCUT2D eigenvalue weighted by Crippen LogP contribution is 2.28. The van der Waals surface area contributed by atoms with Crippen molar-refractivity contribution in [3.8, 4) is 5.75 Å². The van der Waals surface area contributed by atoms with Crippen molar-refractivity contribution in [1.82, 2.24) is 4.90 Å². The molecule has 1 rings (SSSR count). The van der Waals surface area contributed by atoms with Crippen molar-refractivity contribution in [2.24, 2.45) is 0 Å². The van der Waals surface area contributed by atoms with Gasteiger partial charge in [0.25, 0.3) is 0 Å². The zero-order chi connectivity index (χ0) is 13.0. The maximum Gasteiger partial charge on any atom is 0.335 e. The van der Waals surface area contributed by atoms with Crippen LogP contribution in [0.4, 0.5) is 0 Å². The van der Waals surface area contributed by atoms with Gasteiger partial charge in [0.1, 0.15) is 12.4 Å². The Balaban J connectivity index is 2.83. The van der Waals surface area contributed by atoms with Crippen molar-refractivity contribution in [1.29, 1.82) is 0 Å². The second kappa shape index (κ2) is 6.74. The van der Waals surface area contributed by atoms with E-state index in [1.165, 1.54) is 0 Å². The third-order valence-corrected chi connectivity index (χ3v) is 3.63. The number of aromatic carboxylic acids is 1. The first-order valence-corrected chi connectivity index (χ1v) is 7.07. The standard InChI is InChI=1S/C11H13I2NO3/c1-14(2)3-4-17-10-8(12)5-7(11(15)16)6-9(10)13/h5-6H,3-4H2,1-2H3,(H,15,16). The van der Waals surface area contributed by atoms with Gasteiger partial charge in [0.05, 0.1) is 12.7 Å². The van der Waals surface area contributed by atoms with E-state index in [4.69, 9.17) is 9.84 Å². The molecule has 6 heteroatoms. The highest BCUT2D eigenvalue weighted by Gasteiger charge is 2.12. The molecule has 0 fully saturated rings. The van der Waals surface area contributed by atoms with E-state index in [1.54, 1.807) is 12.1 Å². The molecule has 0 bridgehead atoms. The van der Waals surface area contributed by atoms with Gasteiger partial charge in [-0.1, -0.05) is 0 Å². The first kappa shape index (κ1) is 15.0. The van der Waals surface area contributed by atoms with E-state index in [0.717, 1.165) is 19.4 Å². The van der Waals surface area contributed by atoms with Gasteiger partial charge in [-0.2, -0.15) is 0 Å². The molecule has 0 spiro atoms. The predicted molar refractivity (Wildman–Crippen MR) is 82.9 cm³/mol. The first-order valence-electron chi connectivity index (χ1n) is 4.91. The van der Waals surface area contributed by atoms with Crippen LogP contribution in [0.5, 0.6) is 5.75 Å². The Morgan fingerprint density at radius 3 is 2.29 bits per heavy atom. The van der Waals surface area contributed by atoms with E-state index < -0.39 is 5.97 Å². The number of carboxylic acids is 1. The van der Waals surface area contributed by atoms with Crippen molar-refractivity contribution in [2.45, 2.75) is 0 Å². The van der Waals surface area contributed by atoms with Crippen LogP contribution in [0.1, 0.15) is 10.4 Å². The third kappa shape index (κ3) is 4.59. The number of rotatable bonds is 5. The van der Waals surface area contributed by atoms with E-state index in [0.29, 0.717) is 12.2 Å². The summed E-state index contributed by atoms with van der Waals surface area (Å²) in [4.78, 5) is 12.9. The average molecular weight is 461 g/mol. The minimum atomic E-state index is -0.916. The van der Waals surface area contributed by atoms with Crippen molar-refractivity contribution in [3.05, 3.63) is 24.8 Å². The molecule has 17 heavy (non-hydrogen) atoms. The number of ether oxygens (including phenoxy) is 1. The SMILES string of the molecule is CN(C)CCOc1c(I)cc(C(=O)O)cc1I. The predicted octanol–water partition coefficient (Wildman–Crippen LogP) is 2.53. The lowest BCUT2D eigenvalue weighted by Crippen LogP contribution is -2.20. The second-order valence-electron chi connectivity index (χ2n) is 3.73. The topological polar surface area (TPSA) is 49.8 Å². The highest BCUT2D eigenvalue weighted by atomic mass is 127. The average Bonchev–Trinajstić information content (AvgIpc) is 2.21. The van der Waals surface area contributed by atoms with Gasteiger partial charge in [-0.05, 0) is 71.4 Å². The fourth-order valence-corrected chi connectivity index (χ4v) is 3.23. The molecule has 0 saturated carbocycles. The lowest BCUT2D eigenvalue weighted by Gasteiger charge is -2.14. The van der Waals surface area contributed by atoms with Crippen LogP contribution in [0.25, 0.3) is 0 Å². The van der Waals surface area contributed by atoms with Crippen molar-refractivity contribution in [2.75, 3.05) is 27.2 Å². The van der Waals surface area contributed by atoms with Crippen molar-refractivity contribution >= 4 is 51.2 Å². The minimum Gasteiger partial charge on any atom is -0.490 e. The molecule has 1 N–H and O–H groups in total. The van der Waals surface area contributed by atoms with E-state index in [-0.39, 0.29) is 0 Å². The Labute approximate surface area is 128 Å². The van der Waals surface area contributed by atoms with Gasteiger partial charge in [-0.3, -0.25) is 0 Å². The van der Waals surface area contributed by atoms with Gasteiger partial charge in [0.2, 0.25) is 0 Å². The van der Waals surface area contributed by atoms with E-state index in [9.17, 15) is 4.79 Å². The largest absolute Gasteiger partial charge is 0.490 e. The molecule has 4 nitrogen and oxygen atoms in total. The van der Waals surface area contributed by atoms with Gasteiger partial charge in [-0.25, -0.2) is 4.79 Å². The van der Waals surface area contributed by atoms with Crippen LogP contribution < -0.4 is 4.74 Å². The number of nitrogens with zero attached hydrogens (tertiary/aromatic N) is 1. The summed E-state index contributed by atoms with van der Waals surface area (Å²) in [6.07, 6.45) is 0. The molecule has 0 aliphatic rings. The Bertz CT molecular complexity index is 398. The van der Waals surface area contributed by atoms with Crippen LogP contribution in [0.2, 0.25) is 0 Å². The van der Waals surface area contributed by atoms with Gasteiger partial charge in [0.15, 0.2) is 0 Å². The summed E-state index contributed by atoms with van der Waals surface area (Å²) in [5.41, 5.74) is 0.291. The molecular weight excluding hydrogens is 448 g/mol. The number of hydrogen-bond donors (Lipinski definition) is 1. The van der Waals surface area contributed by atoms with Crippen LogP contribution in [-0.2, 0) is 0 Å². The van der Waals surface area contributed by atoms with Gasteiger partial charge < -0.3 is 14.7 Å². The Morgan fingerprint density at radius 2 is 1.88 bits per heavy atom. The number of likely N-dealkylation sites (N-methyl/N-ethyl adjacent to an activating group) is 1. The lowest BCUT2D eigenvalue weighted by atomic mass is 10.2. The molecule has 0 saturated heterocycles. The molecule has 0 radical (unpaired) electrons. The molecule has 0 amide bonds. The number of halogens is 2. The summed E-state index contributed by atoms with van der Waals surface area (Å²) in [7, 11) is 3.96. The summed E-state index contributed by atoms with van der Waals surface area (Å²) in [5.74, 6) is -0.154. The smallest absolute Gasteiger partial charge is 0.335 e. The fraction of sp³-hybridized carbons (Fsp3) is 0.364. The van der Waals surface area contributed by atoms with E-state index in [1.807, 2.05) is 19.0 Å². The fourth-order valence-electron chi connectivity index (χ4n) is 1.15. The summed E-state index contributed by atoms with van der Waals surface area (Å²) < 4.78 is 7.31. The quantitative estimate of drug-likeness (QED) is 0.686. The minimum absolute atomic E-state index is 0.291. The molecule has 1 aromatic rings. The second-order valence-corrected chi connectivity index (χ2v) is 6.05. The Morgan fingerprint density at radius 1 is 1.35 bits per heavy atom. The van der Waals surface area contributed by atoms with E-state index in [2.05, 4.69) is 45.2 Å². The summed E-state index contributed by atoms with van der Waals surface area (Å²) >= 11 is 4.19. The molecular formula is C11H13I2NO3. The monoisotopic (exact) mass is 461 g/mol. The Hall–Kier alpha value is -0.0900. The normalized spacial score (nSPS) is 10.6. The van der Waals surface area contributed by atoms with Crippen LogP contribution in [0.3, 0.4) is 0 Å². The lowest BCUT2D eigenvalue weighted by molar-refractivity contribution is 0.0696. The molecule has 0 aromatic heterocycles. The third-order valence-electron chi connectivity index (χ3n) is 2.03. The first-order chi connectivity index (χ1) is 7.91. The summed E-state index contributed by atoms with van der Waals surface area (Å²) in [5, 5.41) is 8.92. The van der Waals surface area contributed by atoms with Crippen molar-refractivity contribution < 1.29 is 14.6 Å². The number of carboxylic acid groups (broad SMARTS) is 1. The van der Waals surface area contributed by atoms with Crippen LogP contribution in [0, 0.1) is 7.14 Å². The van der Waals surface area contributed by atoms with Gasteiger partial charge in [0, 0.05) is 6.54 Å². The number of carbonyl (C=O) groups is 1. The van der Waals surface area contributed by atoms with E-state index >= 15 is 0 Å². The molecule has 0 atom stereocenters. The highest BCUT2D eigenvalue weighted by molar-refractivity contribution is 14.1. The Kier molecular flexibility index (Phi) is 5.93. The molecule has 0 unspecified atom stereocenters. The zero-order valence-electron chi connectivity index (χ0n) is 9.54. The summed E-state index contributed by atoms with van der Waals surface area (Å²) in [6, 6.07) is 3.24. The maximum atomic E-state index is 10.9. The zero-order valence-corrected chi connectivity index (χ0v) is 13.9. The van der Waals surface area contributed by atoms with Crippen LogP contribution in [0.15, 0.2) is 12.1 Å². The van der Waals surface area contributed by atoms with Crippen LogP contribution in [-0.4, -0.2) is 43.2 Å². The molecule has 94 valence electrons. The van der Waals surface area contributed by atoms with Crippen molar-refractivity contribution in [3.63, 3.8) is 0 Å². The molecule has 0 aliphatic heterocycles. The van der Waals surface area contributed by atoms with Crippen LogP contribution >= 0.6 is 45.2 Å². The molecule has 0 aliphatic carbocycles. The maximum absolute atomic E-state index is 10.9. The van der Waals surface area contributed by atoms with Gasteiger partial charge >= 0.3 is 5.97 Å². The van der Waals surface area contributed by atoms with Gasteiger partial charge in [-0.15, -0.1) is 0 Å². The molecule has 1 aromatic carbocycles. The summed E-state index contributed by atoms with van der Waals surface area (Å²) in [6.45, 7) is 1.41. The number of hydrogen-bond acceptors (Lipinski definition) is 3. The number of benzene rings is 1.